The zero-order valence-corrected chi connectivity index (χ0v) is 16.3. The van der Waals surface area contributed by atoms with Gasteiger partial charge in [0.25, 0.3) is 5.91 Å². The fraction of sp³-hybridized carbons (Fsp3) is 0.647. The van der Waals surface area contributed by atoms with E-state index in [0.29, 0.717) is 25.1 Å². The van der Waals surface area contributed by atoms with Gasteiger partial charge in [-0.1, -0.05) is 11.3 Å². The lowest BCUT2D eigenvalue weighted by Gasteiger charge is -2.29. The van der Waals surface area contributed by atoms with Crippen LogP contribution in [0.1, 0.15) is 48.5 Å². The van der Waals surface area contributed by atoms with E-state index in [1.54, 1.807) is 7.05 Å². The van der Waals surface area contributed by atoms with Gasteiger partial charge in [0.15, 0.2) is 0 Å². The lowest BCUT2D eigenvalue weighted by Crippen LogP contribution is -2.44. The van der Waals surface area contributed by atoms with Gasteiger partial charge in [0.1, 0.15) is 15.7 Å². The summed E-state index contributed by atoms with van der Waals surface area (Å²) in [6.45, 7) is 2.29. The molecule has 0 saturated heterocycles. The summed E-state index contributed by atoms with van der Waals surface area (Å²) in [5, 5.41) is 20.8. The Hall–Kier alpha value is -2.36. The quantitative estimate of drug-likeness (QED) is 0.767. The monoisotopic (exact) mass is 392 g/mol. The molecule has 3 amide bonds. The van der Waals surface area contributed by atoms with Gasteiger partial charge in [0.2, 0.25) is 11.8 Å². The smallest absolute Gasteiger partial charge is 0.267 e. The number of carbonyl (C=O) groups excluding carboxylic acids is 3. The van der Waals surface area contributed by atoms with Crippen LogP contribution in [0.25, 0.3) is 0 Å². The number of hydrogen-bond donors (Lipinski definition) is 2. The molecule has 1 aromatic heterocycles. The highest BCUT2D eigenvalue weighted by atomic mass is 32.1. The number of aryl methyl sites for hydroxylation is 1. The molecule has 0 bridgehead atoms. The molecule has 3 rings (SSSR count). The van der Waals surface area contributed by atoms with Crippen molar-refractivity contribution in [2.45, 2.75) is 58.0 Å². The van der Waals surface area contributed by atoms with E-state index < -0.39 is 0 Å². The van der Waals surface area contributed by atoms with Crippen molar-refractivity contribution in [1.29, 1.82) is 0 Å². The molecule has 2 N–H and O–H groups in total. The van der Waals surface area contributed by atoms with Crippen molar-refractivity contribution in [2.75, 3.05) is 7.05 Å². The van der Waals surface area contributed by atoms with E-state index in [1.165, 1.54) is 16.3 Å². The minimum absolute atomic E-state index is 0.0319. The summed E-state index contributed by atoms with van der Waals surface area (Å²) in [7, 11) is 1.56. The summed E-state index contributed by atoms with van der Waals surface area (Å²) < 4.78 is 0. The third-order valence-corrected chi connectivity index (χ3v) is 5.72. The third-order valence-electron chi connectivity index (χ3n) is 4.88. The first-order valence-electron chi connectivity index (χ1n) is 9.14. The molecule has 0 unspecified atom stereocenters. The Morgan fingerprint density at radius 1 is 1.19 bits per heavy atom. The average Bonchev–Trinajstić information content (AvgIpc) is 3.08. The molecule has 1 fully saturated rings. The standard InChI is InChI=1S/C17H24N6O3S/c1-10-20-21-14(27-10)9-18-16(25)11-3-5-12(6-4-11)19-17(26)13-7-8-15(24)23(2)22-13/h11-12H,3-9H2,1-2H3,(H,18,25)(H,19,26). The summed E-state index contributed by atoms with van der Waals surface area (Å²) in [4.78, 5) is 36.1. The minimum atomic E-state index is -0.214. The highest BCUT2D eigenvalue weighted by Crippen LogP contribution is 2.25. The van der Waals surface area contributed by atoms with Gasteiger partial charge in [-0.3, -0.25) is 14.4 Å². The van der Waals surface area contributed by atoms with Crippen molar-refractivity contribution >= 4 is 34.8 Å². The normalized spacial score (nSPS) is 23.0. The first-order valence-corrected chi connectivity index (χ1v) is 9.95. The lowest BCUT2D eigenvalue weighted by atomic mass is 9.85. The van der Waals surface area contributed by atoms with Crippen LogP contribution in [0.5, 0.6) is 0 Å². The van der Waals surface area contributed by atoms with Crippen molar-refractivity contribution in [1.82, 2.24) is 25.8 Å². The van der Waals surface area contributed by atoms with Gasteiger partial charge in [-0.25, -0.2) is 5.01 Å². The van der Waals surface area contributed by atoms with E-state index in [9.17, 15) is 14.4 Å². The van der Waals surface area contributed by atoms with Crippen LogP contribution in [0.15, 0.2) is 5.10 Å². The molecule has 9 nitrogen and oxygen atoms in total. The second-order valence-electron chi connectivity index (χ2n) is 6.92. The predicted octanol–water partition coefficient (Wildman–Crippen LogP) is 0.746. The molecule has 0 radical (unpaired) electrons. The van der Waals surface area contributed by atoms with Crippen molar-refractivity contribution in [3.8, 4) is 0 Å². The summed E-state index contributed by atoms with van der Waals surface area (Å²) in [6, 6.07) is 0.0398. The van der Waals surface area contributed by atoms with Crippen molar-refractivity contribution < 1.29 is 14.4 Å². The van der Waals surface area contributed by atoms with E-state index >= 15 is 0 Å². The molecule has 1 aromatic rings. The van der Waals surface area contributed by atoms with E-state index in [0.717, 1.165) is 35.7 Å². The SMILES string of the molecule is Cc1nnc(CNC(=O)C2CCC(NC(=O)C3=NN(C)C(=O)CC3)CC2)s1. The number of amides is 3. The summed E-state index contributed by atoms with van der Waals surface area (Å²) in [6.07, 6.45) is 3.66. The molecule has 0 spiro atoms. The molecule has 2 heterocycles. The number of carbonyl (C=O) groups is 3. The Morgan fingerprint density at radius 2 is 1.93 bits per heavy atom. The fourth-order valence-electron chi connectivity index (χ4n) is 3.32. The van der Waals surface area contributed by atoms with Gasteiger partial charge in [0.05, 0.1) is 6.54 Å². The minimum Gasteiger partial charge on any atom is -0.349 e. The first kappa shape index (κ1) is 19.4. The van der Waals surface area contributed by atoms with Crippen LogP contribution < -0.4 is 10.6 Å². The van der Waals surface area contributed by atoms with Gasteiger partial charge in [-0.2, -0.15) is 5.10 Å². The molecule has 1 aliphatic heterocycles. The van der Waals surface area contributed by atoms with Crippen LogP contribution in [-0.2, 0) is 20.9 Å². The van der Waals surface area contributed by atoms with E-state index in [-0.39, 0.29) is 29.7 Å². The number of hydrazone groups is 1. The second kappa shape index (κ2) is 8.55. The maximum Gasteiger partial charge on any atom is 0.267 e. The molecule has 1 aliphatic carbocycles. The summed E-state index contributed by atoms with van der Waals surface area (Å²) in [5.41, 5.74) is 0.393. The molecule has 2 aliphatic rings. The average molecular weight is 392 g/mol. The van der Waals surface area contributed by atoms with Gasteiger partial charge in [0, 0.05) is 31.8 Å². The number of hydrogen-bond acceptors (Lipinski definition) is 7. The summed E-state index contributed by atoms with van der Waals surface area (Å²) in [5.74, 6) is -0.303. The molecular formula is C17H24N6O3S. The Labute approximate surface area is 161 Å². The zero-order chi connectivity index (χ0) is 19.4. The van der Waals surface area contributed by atoms with Crippen molar-refractivity contribution in [2.24, 2.45) is 11.0 Å². The second-order valence-corrected chi connectivity index (χ2v) is 8.18. The Morgan fingerprint density at radius 3 is 2.56 bits per heavy atom. The maximum absolute atomic E-state index is 12.3. The highest BCUT2D eigenvalue weighted by molar-refractivity contribution is 7.11. The van der Waals surface area contributed by atoms with E-state index in [2.05, 4.69) is 25.9 Å². The van der Waals surface area contributed by atoms with Crippen LogP contribution in [0.3, 0.4) is 0 Å². The predicted molar refractivity (Wildman–Crippen MR) is 99.8 cm³/mol. The van der Waals surface area contributed by atoms with Crippen LogP contribution in [-0.4, -0.2) is 51.7 Å². The molecule has 0 atom stereocenters. The van der Waals surface area contributed by atoms with Crippen LogP contribution in [0.2, 0.25) is 0 Å². The van der Waals surface area contributed by atoms with E-state index in [4.69, 9.17) is 0 Å². The molecule has 10 heteroatoms. The number of rotatable bonds is 5. The zero-order valence-electron chi connectivity index (χ0n) is 15.5. The summed E-state index contributed by atoms with van der Waals surface area (Å²) >= 11 is 1.48. The maximum atomic E-state index is 12.3. The Bertz CT molecular complexity index is 754. The van der Waals surface area contributed by atoms with Crippen molar-refractivity contribution in [3.05, 3.63) is 10.0 Å². The third kappa shape index (κ3) is 5.09. The number of nitrogens with zero attached hydrogens (tertiary/aromatic N) is 4. The topological polar surface area (TPSA) is 117 Å². The first-order chi connectivity index (χ1) is 12.9. The van der Waals surface area contributed by atoms with Crippen LogP contribution in [0, 0.1) is 12.8 Å². The van der Waals surface area contributed by atoms with E-state index in [1.807, 2.05) is 6.92 Å². The molecule has 27 heavy (non-hydrogen) atoms. The van der Waals surface area contributed by atoms with Gasteiger partial charge in [-0.15, -0.1) is 10.2 Å². The largest absolute Gasteiger partial charge is 0.349 e. The van der Waals surface area contributed by atoms with Crippen LogP contribution >= 0.6 is 11.3 Å². The van der Waals surface area contributed by atoms with Gasteiger partial charge in [-0.05, 0) is 32.6 Å². The van der Waals surface area contributed by atoms with Crippen LogP contribution in [0.4, 0.5) is 0 Å². The fourth-order valence-corrected chi connectivity index (χ4v) is 3.97. The lowest BCUT2D eigenvalue weighted by molar-refractivity contribution is -0.130. The molecular weight excluding hydrogens is 368 g/mol. The van der Waals surface area contributed by atoms with Gasteiger partial charge < -0.3 is 10.6 Å². The van der Waals surface area contributed by atoms with Crippen molar-refractivity contribution in [3.63, 3.8) is 0 Å². The Kier molecular flexibility index (Phi) is 6.15. The van der Waals surface area contributed by atoms with Gasteiger partial charge >= 0.3 is 0 Å². The molecule has 0 aromatic carbocycles. The highest BCUT2D eigenvalue weighted by Gasteiger charge is 2.29. The number of aromatic nitrogens is 2. The molecule has 146 valence electrons. The Balaban J connectivity index is 1.42. The molecule has 1 saturated carbocycles. The number of nitrogens with one attached hydrogen (secondary N) is 2.